The highest BCUT2D eigenvalue weighted by Crippen LogP contribution is 2.25. The van der Waals surface area contributed by atoms with Crippen molar-refractivity contribution in [2.45, 2.75) is 133 Å². The zero-order valence-corrected chi connectivity index (χ0v) is 45.5. The lowest BCUT2D eigenvalue weighted by molar-refractivity contribution is -0.141. The van der Waals surface area contributed by atoms with E-state index in [1.807, 2.05) is 67.6 Å². The van der Waals surface area contributed by atoms with Gasteiger partial charge >= 0.3 is 5.97 Å². The summed E-state index contributed by atoms with van der Waals surface area (Å²) in [4.78, 5) is 138. The molecule has 0 aliphatic carbocycles. The van der Waals surface area contributed by atoms with E-state index in [0.29, 0.717) is 54.6 Å². The highest BCUT2D eigenvalue weighted by Gasteiger charge is 2.35. The molecule has 81 heavy (non-hydrogen) atoms. The number of guanidine groups is 1. The molecule has 2 aromatic heterocycles. The van der Waals surface area contributed by atoms with E-state index in [1.54, 1.807) is 24.4 Å². The Labute approximate surface area is 468 Å². The Hall–Kier alpha value is -9.13. The number of hydrogen-bond acceptors (Lipinski definition) is 12. The van der Waals surface area contributed by atoms with Crippen molar-refractivity contribution >= 4 is 70.1 Å². The smallest absolute Gasteiger partial charge is 0.305 e. The van der Waals surface area contributed by atoms with E-state index < -0.39 is 102 Å². The molecule has 25 nitrogen and oxygen atoms in total. The van der Waals surface area contributed by atoms with Crippen molar-refractivity contribution in [1.29, 1.82) is 0 Å². The highest BCUT2D eigenvalue weighted by molar-refractivity contribution is 5.99. The van der Waals surface area contributed by atoms with Crippen LogP contribution in [0.15, 0.2) is 103 Å². The number of primary amides is 1. The Morgan fingerprint density at radius 1 is 0.580 bits per heavy atom. The van der Waals surface area contributed by atoms with Crippen LogP contribution < -0.4 is 60.2 Å². The zero-order valence-electron chi connectivity index (χ0n) is 45.5. The molecule has 25 heteroatoms. The first-order valence-electron chi connectivity index (χ1n) is 26.9. The molecule has 0 unspecified atom stereocenters. The number of para-hydroxylation sites is 1. The number of unbranched alkanes of at least 4 members (excludes halogenated alkanes) is 2. The number of benzene rings is 3. The summed E-state index contributed by atoms with van der Waals surface area (Å²) in [5, 5.41) is 29.2. The van der Waals surface area contributed by atoms with Gasteiger partial charge in [0.15, 0.2) is 5.96 Å². The standard InChI is InChI=1S/C56H75N15O10/c1-3-4-20-42(65-33(2)72)50(76)71-47(29-48(73)74)55(81)70-46(28-37-31-61-32-64-37)54(80)69-44(26-35-17-8-9-18-38(35)34-15-6-5-7-16-34)53(79)67-43(23-14-25-62-56(59)60)51(77)68-45(27-36-30-63-40-21-11-10-19-39(36)40)52(78)66-41(49(58)75)22-12-13-24-57/h5-11,15-19,21,30-32,41-47,63H,3-4,12-14,20,22-29,57H2,1-2H3,(H2,58,75)(H,61,64)(H,65,72)(H,66,78)(H,67,79)(H,68,77)(H,69,80)(H,70,81)(H,71,76)(H,73,74)(H4,59,60,62)/t41-,42-,43-,44-,45-,46-,47-/m0/s1. The number of rotatable bonds is 34. The molecule has 5 rings (SSSR count). The molecule has 0 saturated carbocycles. The lowest BCUT2D eigenvalue weighted by Crippen LogP contribution is -2.61. The van der Waals surface area contributed by atoms with E-state index >= 15 is 4.79 Å². The van der Waals surface area contributed by atoms with Gasteiger partial charge in [-0.05, 0) is 73.4 Å². The number of carboxylic acid groups (broad SMARTS) is 1. The minimum Gasteiger partial charge on any atom is -0.481 e. The molecule has 8 amide bonds. The minimum absolute atomic E-state index is 0.0277. The second-order valence-corrected chi connectivity index (χ2v) is 19.6. The molecule has 0 fully saturated rings. The maximum Gasteiger partial charge on any atom is 0.305 e. The molecule has 3 aromatic carbocycles. The number of aromatic nitrogens is 3. The fourth-order valence-electron chi connectivity index (χ4n) is 9.07. The number of nitrogens with two attached hydrogens (primary N) is 4. The molecule has 0 bridgehead atoms. The summed E-state index contributed by atoms with van der Waals surface area (Å²) in [5.41, 5.74) is 26.5. The molecule has 0 radical (unpaired) electrons. The predicted octanol–water partition coefficient (Wildman–Crippen LogP) is 0.332. The van der Waals surface area contributed by atoms with Gasteiger partial charge in [-0.15, -0.1) is 0 Å². The van der Waals surface area contributed by atoms with Gasteiger partial charge in [0, 0.05) is 61.7 Å². The van der Waals surface area contributed by atoms with Crippen LogP contribution in [0.2, 0.25) is 0 Å². The molecule has 0 saturated heterocycles. The Bertz CT molecular complexity index is 2950. The van der Waals surface area contributed by atoms with E-state index in [4.69, 9.17) is 22.9 Å². The Morgan fingerprint density at radius 3 is 1.72 bits per heavy atom. The number of carboxylic acids is 1. The number of imidazole rings is 1. The van der Waals surface area contributed by atoms with Crippen molar-refractivity contribution in [3.05, 3.63) is 114 Å². The van der Waals surface area contributed by atoms with Crippen molar-refractivity contribution in [2.24, 2.45) is 27.9 Å². The summed E-state index contributed by atoms with van der Waals surface area (Å²) in [7, 11) is 0. The number of aliphatic carboxylic acids is 1. The van der Waals surface area contributed by atoms with Gasteiger partial charge in [0.25, 0.3) is 0 Å². The van der Waals surface area contributed by atoms with E-state index in [0.717, 1.165) is 16.5 Å². The molecule has 0 aliphatic rings. The van der Waals surface area contributed by atoms with Crippen molar-refractivity contribution < 1.29 is 48.3 Å². The molecule has 0 aliphatic heterocycles. The quantitative estimate of drug-likeness (QED) is 0.0150. The van der Waals surface area contributed by atoms with Crippen molar-refractivity contribution in [1.82, 2.24) is 52.2 Å². The molecule has 7 atom stereocenters. The van der Waals surface area contributed by atoms with Gasteiger partial charge in [0.1, 0.15) is 42.3 Å². The predicted molar refractivity (Wildman–Crippen MR) is 303 cm³/mol. The summed E-state index contributed by atoms with van der Waals surface area (Å²) >= 11 is 0. The Balaban J connectivity index is 1.53. The van der Waals surface area contributed by atoms with Crippen LogP contribution in [0.4, 0.5) is 0 Å². The van der Waals surface area contributed by atoms with Crippen LogP contribution in [0.25, 0.3) is 22.0 Å². The van der Waals surface area contributed by atoms with Crippen LogP contribution in [-0.4, -0.2) is 135 Å². The Morgan fingerprint density at radius 2 is 1.11 bits per heavy atom. The van der Waals surface area contributed by atoms with Crippen LogP contribution in [-0.2, 0) is 62.4 Å². The molecular weight excluding hydrogens is 1040 g/mol. The monoisotopic (exact) mass is 1120 g/mol. The zero-order chi connectivity index (χ0) is 58.8. The van der Waals surface area contributed by atoms with Gasteiger partial charge in [-0.2, -0.15) is 0 Å². The van der Waals surface area contributed by atoms with Crippen LogP contribution >= 0.6 is 0 Å². The first-order chi connectivity index (χ1) is 38.9. The summed E-state index contributed by atoms with van der Waals surface area (Å²) in [6.07, 6.45) is 5.60. The van der Waals surface area contributed by atoms with E-state index in [1.165, 1.54) is 19.4 Å². The van der Waals surface area contributed by atoms with Crippen molar-refractivity contribution in [2.75, 3.05) is 13.1 Å². The lowest BCUT2D eigenvalue weighted by Gasteiger charge is -2.28. The first-order valence-corrected chi connectivity index (χ1v) is 26.9. The van der Waals surface area contributed by atoms with Crippen LogP contribution in [0.5, 0.6) is 0 Å². The Kier molecular flexibility index (Phi) is 24.8. The number of nitrogens with zero attached hydrogens (tertiary/aromatic N) is 2. The van der Waals surface area contributed by atoms with Crippen LogP contribution in [0, 0.1) is 0 Å². The van der Waals surface area contributed by atoms with Crippen LogP contribution in [0.3, 0.4) is 0 Å². The molecular formula is C56H75N15O10. The number of carbonyl (C=O) groups excluding carboxylic acids is 8. The maximum atomic E-state index is 15.1. The summed E-state index contributed by atoms with van der Waals surface area (Å²) in [6, 6.07) is 13.9. The highest BCUT2D eigenvalue weighted by atomic mass is 16.4. The number of carbonyl (C=O) groups is 9. The van der Waals surface area contributed by atoms with Crippen molar-refractivity contribution in [3.8, 4) is 11.1 Å². The average Bonchev–Trinajstić information content (AvgIpc) is 4.14. The van der Waals surface area contributed by atoms with Crippen molar-refractivity contribution in [3.63, 3.8) is 0 Å². The van der Waals surface area contributed by atoms with Gasteiger partial charge < -0.3 is 75.2 Å². The summed E-state index contributed by atoms with van der Waals surface area (Å²) < 4.78 is 0. The topological polar surface area (TPSA) is 419 Å². The number of hydrogen-bond donors (Lipinski definition) is 14. The number of fused-ring (bicyclic) bond motifs is 1. The average molecular weight is 1120 g/mol. The van der Waals surface area contributed by atoms with Gasteiger partial charge in [-0.3, -0.25) is 48.1 Å². The van der Waals surface area contributed by atoms with E-state index in [9.17, 15) is 43.5 Å². The number of aromatic amines is 2. The largest absolute Gasteiger partial charge is 0.481 e. The third-order valence-corrected chi connectivity index (χ3v) is 13.2. The third kappa shape index (κ3) is 20.2. The maximum absolute atomic E-state index is 15.1. The number of H-pyrrole nitrogens is 2. The lowest BCUT2D eigenvalue weighted by atomic mass is 9.94. The minimum atomic E-state index is -1.74. The fraction of sp³-hybridized carbons (Fsp3) is 0.411. The second-order valence-electron chi connectivity index (χ2n) is 19.6. The van der Waals surface area contributed by atoms with Gasteiger partial charge in [0.2, 0.25) is 47.3 Å². The molecule has 18 N–H and O–H groups in total. The molecule has 5 aromatic rings. The van der Waals surface area contributed by atoms with E-state index in [2.05, 4.69) is 57.2 Å². The van der Waals surface area contributed by atoms with Gasteiger partial charge in [0.05, 0.1) is 12.7 Å². The summed E-state index contributed by atoms with van der Waals surface area (Å²) in [6.45, 7) is 3.46. The second kappa shape index (κ2) is 32.1. The SMILES string of the molecule is CCCC[C@H](NC(C)=O)C(=O)N[C@@H](CC(=O)O)C(=O)N[C@@H](Cc1cnc[nH]1)C(=O)N[C@@H](Cc1ccccc1-c1ccccc1)C(=O)N[C@@H](CCCN=C(N)N)C(=O)N[C@@H](Cc1c[nH]c2ccccc12)C(=O)N[C@@H](CCCCN)C(N)=O. The number of nitrogens with one attached hydrogen (secondary N) is 9. The van der Waals surface area contributed by atoms with Crippen LogP contribution in [0.1, 0.15) is 88.5 Å². The third-order valence-electron chi connectivity index (χ3n) is 13.2. The van der Waals surface area contributed by atoms with Gasteiger partial charge in [-0.1, -0.05) is 92.6 Å². The number of amides is 8. The normalized spacial score (nSPS) is 13.6. The number of aliphatic imine (C=N–C) groups is 1. The summed E-state index contributed by atoms with van der Waals surface area (Å²) in [5.74, 6) is -8.27. The molecule has 434 valence electrons. The molecule has 2 heterocycles. The van der Waals surface area contributed by atoms with Gasteiger partial charge in [-0.25, -0.2) is 4.98 Å². The first kappa shape index (κ1) is 62.7. The fourth-order valence-corrected chi connectivity index (χ4v) is 9.07. The van der Waals surface area contributed by atoms with E-state index in [-0.39, 0.29) is 57.5 Å². The molecule has 0 spiro atoms.